The summed E-state index contributed by atoms with van der Waals surface area (Å²) in [5, 5.41) is 23.1. The lowest BCUT2D eigenvalue weighted by molar-refractivity contribution is 0.0696. The molecule has 0 atom stereocenters. The fraction of sp³-hybridized carbons (Fsp3) is 0.263. The lowest BCUT2D eigenvalue weighted by Gasteiger charge is -2.24. The molecule has 0 aliphatic carbocycles. The third kappa shape index (κ3) is 5.13. The summed E-state index contributed by atoms with van der Waals surface area (Å²) in [4.78, 5) is 34.2. The standard InChI is InChI=1S/C19H25NO5Si2/c1-26(2,12-21)16-9-14(10-17(11-16)27(3,4)25)18(22)20-15-7-5-13(6-8-15)19(23)24/h5-11,21,25H,12H2,1-4H3,(H,20,22)(H,23,24). The third-order valence-electron chi connectivity index (χ3n) is 4.47. The molecule has 0 saturated carbocycles. The van der Waals surface area contributed by atoms with Crippen molar-refractivity contribution in [3.63, 3.8) is 0 Å². The van der Waals surface area contributed by atoms with Gasteiger partial charge in [0.15, 0.2) is 0 Å². The highest BCUT2D eigenvalue weighted by molar-refractivity contribution is 6.90. The van der Waals surface area contributed by atoms with Gasteiger partial charge in [-0.05, 0) is 48.6 Å². The van der Waals surface area contributed by atoms with E-state index in [2.05, 4.69) is 5.32 Å². The Bertz CT molecular complexity index is 857. The molecule has 0 bridgehead atoms. The van der Waals surface area contributed by atoms with Crippen LogP contribution in [0.3, 0.4) is 0 Å². The second-order valence-corrected chi connectivity index (χ2v) is 16.1. The number of hydrogen-bond donors (Lipinski definition) is 4. The molecule has 27 heavy (non-hydrogen) atoms. The van der Waals surface area contributed by atoms with Crippen LogP contribution >= 0.6 is 0 Å². The molecule has 144 valence electrons. The maximum atomic E-state index is 12.7. The van der Waals surface area contributed by atoms with Crippen LogP contribution in [0.1, 0.15) is 20.7 Å². The number of anilines is 1. The van der Waals surface area contributed by atoms with E-state index in [1.165, 1.54) is 24.3 Å². The molecule has 0 unspecified atom stereocenters. The van der Waals surface area contributed by atoms with Gasteiger partial charge in [-0.1, -0.05) is 30.4 Å². The number of aliphatic hydroxyl groups excluding tert-OH is 1. The first-order valence-electron chi connectivity index (χ1n) is 8.58. The number of carboxylic acid groups (broad SMARTS) is 1. The zero-order valence-electron chi connectivity index (χ0n) is 15.9. The fourth-order valence-corrected chi connectivity index (χ4v) is 4.93. The second-order valence-electron chi connectivity index (χ2n) is 7.74. The van der Waals surface area contributed by atoms with Crippen LogP contribution in [-0.4, -0.2) is 49.5 Å². The molecule has 2 rings (SSSR count). The largest absolute Gasteiger partial charge is 0.478 e. The molecule has 2 aromatic carbocycles. The van der Waals surface area contributed by atoms with Crippen LogP contribution < -0.4 is 15.7 Å². The van der Waals surface area contributed by atoms with Crippen molar-refractivity contribution < 1.29 is 24.6 Å². The van der Waals surface area contributed by atoms with Gasteiger partial charge in [-0.15, -0.1) is 0 Å². The molecule has 8 heteroatoms. The number of rotatable bonds is 6. The van der Waals surface area contributed by atoms with Crippen LogP contribution in [0.5, 0.6) is 0 Å². The number of nitrogens with one attached hydrogen (secondary N) is 1. The topological polar surface area (TPSA) is 107 Å². The van der Waals surface area contributed by atoms with E-state index in [1.54, 1.807) is 25.2 Å². The number of carboxylic acids is 1. The first-order chi connectivity index (χ1) is 12.4. The van der Waals surface area contributed by atoms with Crippen molar-refractivity contribution in [3.05, 3.63) is 53.6 Å². The Morgan fingerprint density at radius 3 is 1.96 bits per heavy atom. The van der Waals surface area contributed by atoms with Crippen LogP contribution in [0.4, 0.5) is 5.69 Å². The maximum absolute atomic E-state index is 12.7. The van der Waals surface area contributed by atoms with Crippen molar-refractivity contribution in [3.8, 4) is 0 Å². The Labute approximate surface area is 160 Å². The number of amides is 1. The van der Waals surface area contributed by atoms with Crippen molar-refractivity contribution in [1.82, 2.24) is 0 Å². The van der Waals surface area contributed by atoms with Gasteiger partial charge in [0.25, 0.3) is 5.91 Å². The van der Waals surface area contributed by atoms with E-state index in [1.807, 2.05) is 19.2 Å². The maximum Gasteiger partial charge on any atom is 0.335 e. The molecule has 1 amide bonds. The summed E-state index contributed by atoms with van der Waals surface area (Å²) in [5.74, 6) is -1.38. The van der Waals surface area contributed by atoms with E-state index >= 15 is 0 Å². The van der Waals surface area contributed by atoms with Crippen LogP contribution in [-0.2, 0) is 0 Å². The number of hydrogen-bond acceptors (Lipinski definition) is 4. The number of benzene rings is 2. The minimum Gasteiger partial charge on any atom is -0.478 e. The van der Waals surface area contributed by atoms with E-state index in [-0.39, 0.29) is 17.7 Å². The highest BCUT2D eigenvalue weighted by atomic mass is 28.4. The minimum atomic E-state index is -2.65. The molecule has 0 spiro atoms. The SMILES string of the molecule is C[Si](C)(O)c1cc(C(=O)Nc2ccc(C(=O)O)cc2)cc([Si](C)(C)CO)c1. The van der Waals surface area contributed by atoms with Crippen LogP contribution in [0.25, 0.3) is 0 Å². The molecule has 0 aromatic heterocycles. The summed E-state index contributed by atoms with van der Waals surface area (Å²) < 4.78 is 0. The van der Waals surface area contributed by atoms with Crippen molar-refractivity contribution in [2.24, 2.45) is 0 Å². The lowest BCUT2D eigenvalue weighted by atomic mass is 10.2. The van der Waals surface area contributed by atoms with Gasteiger partial charge in [-0.25, -0.2) is 4.79 Å². The molecule has 0 fully saturated rings. The summed E-state index contributed by atoms with van der Waals surface area (Å²) in [7, 11) is -4.78. The summed E-state index contributed by atoms with van der Waals surface area (Å²) in [5.41, 5.74) is 1.03. The average Bonchev–Trinajstić information content (AvgIpc) is 2.61. The first-order valence-corrected chi connectivity index (χ1v) is 14.7. The lowest BCUT2D eigenvalue weighted by Crippen LogP contribution is -2.51. The van der Waals surface area contributed by atoms with E-state index in [0.29, 0.717) is 11.3 Å². The molecular weight excluding hydrogens is 378 g/mol. The van der Waals surface area contributed by atoms with Crippen molar-refractivity contribution >= 4 is 44.3 Å². The average molecular weight is 404 g/mol. The van der Waals surface area contributed by atoms with Gasteiger partial charge >= 0.3 is 5.97 Å². The van der Waals surface area contributed by atoms with Crippen molar-refractivity contribution in [1.29, 1.82) is 0 Å². The van der Waals surface area contributed by atoms with Gasteiger partial charge in [0.1, 0.15) is 8.07 Å². The Balaban J connectivity index is 2.39. The van der Waals surface area contributed by atoms with E-state index in [9.17, 15) is 19.5 Å². The first kappa shape index (κ1) is 21.0. The van der Waals surface area contributed by atoms with E-state index < -0.39 is 22.4 Å². The van der Waals surface area contributed by atoms with Gasteiger partial charge in [0.2, 0.25) is 8.32 Å². The van der Waals surface area contributed by atoms with Crippen LogP contribution in [0, 0.1) is 0 Å². The number of carbonyl (C=O) groups is 2. The highest BCUT2D eigenvalue weighted by Crippen LogP contribution is 2.13. The number of carbonyl (C=O) groups excluding carboxylic acids is 1. The highest BCUT2D eigenvalue weighted by Gasteiger charge is 2.28. The normalized spacial score (nSPS) is 11.9. The van der Waals surface area contributed by atoms with Gasteiger partial charge in [0.05, 0.1) is 5.56 Å². The molecule has 0 aliphatic heterocycles. The summed E-state index contributed by atoms with van der Waals surface area (Å²) in [6.45, 7) is 7.58. The van der Waals surface area contributed by atoms with Crippen molar-refractivity contribution in [2.45, 2.75) is 26.2 Å². The molecule has 2 aromatic rings. The predicted octanol–water partition coefficient (Wildman–Crippen LogP) is 1.49. The Kier molecular flexibility index (Phi) is 6.05. The van der Waals surface area contributed by atoms with Crippen LogP contribution in [0.15, 0.2) is 42.5 Å². The Morgan fingerprint density at radius 1 is 0.926 bits per heavy atom. The molecular formula is C19H25NO5Si2. The zero-order chi connectivity index (χ0) is 20.4. The van der Waals surface area contributed by atoms with Gasteiger partial charge in [0, 0.05) is 17.5 Å². The molecule has 0 radical (unpaired) electrons. The summed E-state index contributed by atoms with van der Waals surface area (Å²) in [6, 6.07) is 11.3. The quantitative estimate of drug-likeness (QED) is 0.547. The van der Waals surface area contributed by atoms with Gasteiger partial charge < -0.3 is 20.3 Å². The van der Waals surface area contributed by atoms with E-state index in [0.717, 1.165) is 10.4 Å². The molecule has 6 nitrogen and oxygen atoms in total. The second kappa shape index (κ2) is 7.77. The Morgan fingerprint density at radius 2 is 1.48 bits per heavy atom. The zero-order valence-corrected chi connectivity index (χ0v) is 17.9. The van der Waals surface area contributed by atoms with Crippen molar-refractivity contribution in [2.75, 3.05) is 11.5 Å². The summed E-state index contributed by atoms with van der Waals surface area (Å²) >= 11 is 0. The fourth-order valence-electron chi connectivity index (χ4n) is 2.49. The monoisotopic (exact) mass is 403 g/mol. The third-order valence-corrected chi connectivity index (χ3v) is 8.81. The van der Waals surface area contributed by atoms with Gasteiger partial charge in [-0.3, -0.25) is 4.79 Å². The molecule has 0 saturated heterocycles. The number of aliphatic hydroxyl groups is 1. The summed E-state index contributed by atoms with van der Waals surface area (Å²) in [6.07, 6.45) is 0.0432. The smallest absolute Gasteiger partial charge is 0.335 e. The van der Waals surface area contributed by atoms with E-state index in [4.69, 9.17) is 5.11 Å². The van der Waals surface area contributed by atoms with Gasteiger partial charge in [-0.2, -0.15) is 0 Å². The molecule has 0 heterocycles. The van der Waals surface area contributed by atoms with Crippen LogP contribution in [0.2, 0.25) is 26.2 Å². The molecule has 4 N–H and O–H groups in total. The molecule has 0 aliphatic rings. The predicted molar refractivity (Wildman–Crippen MR) is 111 cm³/mol. The Hall–Kier alpha value is -2.27. The minimum absolute atomic E-state index is 0.0432. The number of aromatic carboxylic acids is 1.